The van der Waals surface area contributed by atoms with E-state index in [2.05, 4.69) is 15.3 Å². The molecule has 1 atom stereocenters. The van der Waals surface area contributed by atoms with Gasteiger partial charge in [-0.25, -0.2) is 4.98 Å². The van der Waals surface area contributed by atoms with E-state index in [1.165, 1.54) is 12.8 Å². The molecule has 76 valence electrons. The topological polar surface area (TPSA) is 37.8 Å². The molecule has 0 radical (unpaired) electrons. The van der Waals surface area contributed by atoms with Gasteiger partial charge in [-0.2, -0.15) is 0 Å². The molecule has 14 heavy (non-hydrogen) atoms. The van der Waals surface area contributed by atoms with Crippen molar-refractivity contribution < 1.29 is 0 Å². The van der Waals surface area contributed by atoms with Gasteiger partial charge in [0.15, 0.2) is 0 Å². The molecule has 1 aromatic rings. The van der Waals surface area contributed by atoms with Crippen molar-refractivity contribution in [2.24, 2.45) is 5.92 Å². The van der Waals surface area contributed by atoms with Crippen molar-refractivity contribution in [2.75, 3.05) is 13.1 Å². The van der Waals surface area contributed by atoms with Crippen molar-refractivity contribution in [1.82, 2.24) is 15.3 Å². The van der Waals surface area contributed by atoms with Crippen LogP contribution in [0.1, 0.15) is 18.5 Å². The van der Waals surface area contributed by atoms with Crippen molar-refractivity contribution in [3.63, 3.8) is 0 Å². The molecule has 2 rings (SSSR count). The van der Waals surface area contributed by atoms with Crippen molar-refractivity contribution in [1.29, 1.82) is 0 Å². The number of aromatic nitrogens is 2. The molecule has 4 heteroatoms. The lowest BCUT2D eigenvalue weighted by Gasteiger charge is -2.22. The normalized spacial score (nSPS) is 22.2. The van der Waals surface area contributed by atoms with Crippen LogP contribution in [0.25, 0.3) is 0 Å². The van der Waals surface area contributed by atoms with Crippen LogP contribution in [0.5, 0.6) is 0 Å². The minimum atomic E-state index is 0.492. The number of halogens is 1. The van der Waals surface area contributed by atoms with Crippen LogP contribution in [0.4, 0.5) is 0 Å². The summed E-state index contributed by atoms with van der Waals surface area (Å²) in [6, 6.07) is 0. The summed E-state index contributed by atoms with van der Waals surface area (Å²) in [7, 11) is 0. The number of hydrogen-bond donors (Lipinski definition) is 1. The lowest BCUT2D eigenvalue weighted by molar-refractivity contribution is 0.373. The number of rotatable bonds is 2. The van der Waals surface area contributed by atoms with Gasteiger partial charge in [-0.1, -0.05) is 11.6 Å². The predicted octanol–water partition coefficient (Wildman–Crippen LogP) is 1.67. The molecule has 1 aromatic heterocycles. The van der Waals surface area contributed by atoms with Crippen LogP contribution in [-0.4, -0.2) is 23.1 Å². The molecule has 0 bridgehead atoms. The minimum Gasteiger partial charge on any atom is -0.316 e. The Labute approximate surface area is 88.9 Å². The summed E-state index contributed by atoms with van der Waals surface area (Å²) in [6.07, 6.45) is 6.91. The third-order valence-electron chi connectivity index (χ3n) is 2.55. The first-order valence-electron chi connectivity index (χ1n) is 5.02. The summed E-state index contributed by atoms with van der Waals surface area (Å²) in [5.41, 5.74) is 1.01. The van der Waals surface area contributed by atoms with E-state index < -0.39 is 0 Å². The first kappa shape index (κ1) is 9.87. The summed E-state index contributed by atoms with van der Waals surface area (Å²) < 4.78 is 0. The number of hydrogen-bond acceptors (Lipinski definition) is 3. The minimum absolute atomic E-state index is 0.492. The molecule has 1 fully saturated rings. The Morgan fingerprint density at radius 1 is 1.50 bits per heavy atom. The molecule has 1 aliphatic heterocycles. The van der Waals surface area contributed by atoms with E-state index >= 15 is 0 Å². The molecule has 1 N–H and O–H groups in total. The smallest absolute Gasteiger partial charge is 0.147 e. The zero-order valence-corrected chi connectivity index (χ0v) is 8.80. The second-order valence-corrected chi connectivity index (χ2v) is 4.14. The maximum absolute atomic E-state index is 5.77. The summed E-state index contributed by atoms with van der Waals surface area (Å²) in [4.78, 5) is 8.28. The number of piperidine rings is 1. The highest BCUT2D eigenvalue weighted by atomic mass is 35.5. The lowest BCUT2D eigenvalue weighted by atomic mass is 9.95. The van der Waals surface area contributed by atoms with Crippen LogP contribution < -0.4 is 5.32 Å². The number of nitrogens with one attached hydrogen (secondary N) is 1. The summed E-state index contributed by atoms with van der Waals surface area (Å²) in [5, 5.41) is 3.88. The Bertz CT molecular complexity index is 297. The van der Waals surface area contributed by atoms with E-state index in [1.807, 2.05) is 0 Å². The molecule has 1 saturated heterocycles. The van der Waals surface area contributed by atoms with Gasteiger partial charge in [-0.15, -0.1) is 0 Å². The van der Waals surface area contributed by atoms with E-state index in [9.17, 15) is 0 Å². The van der Waals surface area contributed by atoms with E-state index in [0.29, 0.717) is 11.1 Å². The van der Waals surface area contributed by atoms with Crippen molar-refractivity contribution in [2.45, 2.75) is 19.3 Å². The molecule has 0 saturated carbocycles. The summed E-state index contributed by atoms with van der Waals surface area (Å²) in [5.74, 6) is 0.691. The molecule has 0 amide bonds. The van der Waals surface area contributed by atoms with E-state index in [0.717, 1.165) is 25.2 Å². The van der Waals surface area contributed by atoms with Gasteiger partial charge in [0.1, 0.15) is 5.15 Å². The Morgan fingerprint density at radius 3 is 3.14 bits per heavy atom. The van der Waals surface area contributed by atoms with Gasteiger partial charge in [0.05, 0.1) is 11.9 Å². The fourth-order valence-electron chi connectivity index (χ4n) is 1.87. The summed E-state index contributed by atoms with van der Waals surface area (Å²) in [6.45, 7) is 2.24. The van der Waals surface area contributed by atoms with Gasteiger partial charge in [0.2, 0.25) is 0 Å². The van der Waals surface area contributed by atoms with E-state index in [4.69, 9.17) is 11.6 Å². The third kappa shape index (κ3) is 2.66. The fourth-order valence-corrected chi connectivity index (χ4v) is 2.04. The third-order valence-corrected chi connectivity index (χ3v) is 2.73. The molecule has 2 heterocycles. The maximum Gasteiger partial charge on any atom is 0.147 e. The molecule has 1 aliphatic rings. The van der Waals surface area contributed by atoms with E-state index in [1.54, 1.807) is 12.4 Å². The Kier molecular flexibility index (Phi) is 3.32. The average molecular weight is 212 g/mol. The highest BCUT2D eigenvalue weighted by Crippen LogP contribution is 2.15. The highest BCUT2D eigenvalue weighted by molar-refractivity contribution is 6.29. The molecular formula is C10H14ClN3. The predicted molar refractivity (Wildman–Crippen MR) is 56.3 cm³/mol. The Balaban J connectivity index is 1.95. The largest absolute Gasteiger partial charge is 0.316 e. The maximum atomic E-state index is 5.77. The molecule has 0 aromatic carbocycles. The molecular weight excluding hydrogens is 198 g/mol. The van der Waals surface area contributed by atoms with E-state index in [-0.39, 0.29) is 0 Å². The van der Waals surface area contributed by atoms with Gasteiger partial charge in [-0.3, -0.25) is 4.98 Å². The molecule has 0 spiro atoms. The highest BCUT2D eigenvalue weighted by Gasteiger charge is 2.14. The molecule has 0 aliphatic carbocycles. The Morgan fingerprint density at radius 2 is 2.43 bits per heavy atom. The van der Waals surface area contributed by atoms with Gasteiger partial charge < -0.3 is 5.32 Å². The van der Waals surface area contributed by atoms with Crippen LogP contribution in [-0.2, 0) is 6.42 Å². The van der Waals surface area contributed by atoms with Crippen LogP contribution in [0.3, 0.4) is 0 Å². The first-order valence-corrected chi connectivity index (χ1v) is 5.39. The van der Waals surface area contributed by atoms with Crippen molar-refractivity contribution >= 4 is 11.6 Å². The average Bonchev–Trinajstić information content (AvgIpc) is 2.19. The quantitative estimate of drug-likeness (QED) is 0.809. The monoisotopic (exact) mass is 211 g/mol. The summed E-state index contributed by atoms with van der Waals surface area (Å²) >= 11 is 5.77. The Hall–Kier alpha value is -0.670. The van der Waals surface area contributed by atoms with Crippen LogP contribution >= 0.6 is 11.6 Å². The second kappa shape index (κ2) is 4.71. The lowest BCUT2D eigenvalue weighted by Crippen LogP contribution is -2.31. The van der Waals surface area contributed by atoms with Crippen LogP contribution in [0.2, 0.25) is 5.15 Å². The SMILES string of the molecule is Clc1cncc(CC2CCCNC2)n1. The zero-order valence-electron chi connectivity index (χ0n) is 8.04. The van der Waals surface area contributed by atoms with Crippen molar-refractivity contribution in [3.8, 4) is 0 Å². The standard InChI is InChI=1S/C10H14ClN3/c11-10-7-13-6-9(14-10)4-8-2-1-3-12-5-8/h6-8,12H,1-5H2. The van der Waals surface area contributed by atoms with Gasteiger partial charge in [0.25, 0.3) is 0 Å². The van der Waals surface area contributed by atoms with Crippen molar-refractivity contribution in [3.05, 3.63) is 23.2 Å². The molecule has 3 nitrogen and oxygen atoms in total. The fraction of sp³-hybridized carbons (Fsp3) is 0.600. The second-order valence-electron chi connectivity index (χ2n) is 3.75. The number of nitrogens with zero attached hydrogens (tertiary/aromatic N) is 2. The zero-order chi connectivity index (χ0) is 9.80. The van der Waals surface area contributed by atoms with Gasteiger partial charge in [-0.05, 0) is 38.3 Å². The van der Waals surface area contributed by atoms with Gasteiger partial charge >= 0.3 is 0 Å². The van der Waals surface area contributed by atoms with Crippen LogP contribution in [0.15, 0.2) is 12.4 Å². The van der Waals surface area contributed by atoms with Crippen LogP contribution in [0, 0.1) is 5.92 Å². The van der Waals surface area contributed by atoms with Gasteiger partial charge in [0, 0.05) is 6.20 Å². The first-order chi connectivity index (χ1) is 6.84. The molecule has 1 unspecified atom stereocenters.